The van der Waals surface area contributed by atoms with E-state index >= 15 is 0 Å². The van der Waals surface area contributed by atoms with Gasteiger partial charge in [0.15, 0.2) is 0 Å². The summed E-state index contributed by atoms with van der Waals surface area (Å²) >= 11 is 1.29. The van der Waals surface area contributed by atoms with Crippen molar-refractivity contribution in [3.8, 4) is 11.8 Å². The predicted molar refractivity (Wildman–Crippen MR) is 161 cm³/mol. The van der Waals surface area contributed by atoms with Crippen LogP contribution in [-0.2, 0) is 6.54 Å². The Bertz CT molecular complexity index is 1420. The Balaban J connectivity index is 1.47. The fourth-order valence-corrected chi connectivity index (χ4v) is 5.10. The van der Waals surface area contributed by atoms with Gasteiger partial charge < -0.3 is 25.8 Å². The third-order valence-corrected chi connectivity index (χ3v) is 7.29. The fraction of sp³-hybridized carbons (Fsp3) is 0.367. The van der Waals surface area contributed by atoms with Crippen LogP contribution in [0.4, 0.5) is 24.5 Å². The Morgan fingerprint density at radius 2 is 1.88 bits per heavy atom. The van der Waals surface area contributed by atoms with E-state index in [9.17, 15) is 13.2 Å². The maximum absolute atomic E-state index is 13.5. The van der Waals surface area contributed by atoms with E-state index < -0.39 is 12.7 Å². The first-order chi connectivity index (χ1) is 19.1. The van der Waals surface area contributed by atoms with Crippen molar-refractivity contribution in [3.63, 3.8) is 0 Å². The standard InChI is InChI=1S/C30H35F3N6S/c1-21(2)18-29(34)37-40-25-11-9-22(10-12-25)35-15-5-6-24-19-26-27(36-23-13-16-38(3)17-14-23)7-4-8-28(26)39(24)20-30(31,32)33/h4,7-12,18-19,23,35-36H,13-17,20H2,1-3H3,(H2,34,37). The van der Waals surface area contributed by atoms with Gasteiger partial charge in [-0.25, -0.2) is 0 Å². The van der Waals surface area contributed by atoms with E-state index in [2.05, 4.69) is 38.8 Å². The smallest absolute Gasteiger partial charge is 0.383 e. The fourth-order valence-electron chi connectivity index (χ4n) is 4.58. The van der Waals surface area contributed by atoms with E-state index in [-0.39, 0.29) is 12.6 Å². The van der Waals surface area contributed by atoms with Gasteiger partial charge in [0.1, 0.15) is 12.4 Å². The summed E-state index contributed by atoms with van der Waals surface area (Å²) in [4.78, 5) is 3.22. The normalized spacial score (nSPS) is 15.0. The lowest BCUT2D eigenvalue weighted by molar-refractivity contribution is -0.140. The molecule has 6 nitrogen and oxygen atoms in total. The Kier molecular flexibility index (Phi) is 9.71. The van der Waals surface area contributed by atoms with E-state index in [1.54, 1.807) is 18.2 Å². The first kappa shape index (κ1) is 29.4. The summed E-state index contributed by atoms with van der Waals surface area (Å²) < 4.78 is 46.1. The third-order valence-electron chi connectivity index (χ3n) is 6.51. The number of likely N-dealkylation sites (tertiary alicyclic amines) is 1. The van der Waals surface area contributed by atoms with Crippen molar-refractivity contribution >= 4 is 40.1 Å². The number of benzene rings is 2. The summed E-state index contributed by atoms with van der Waals surface area (Å²) in [7, 11) is 2.10. The molecule has 0 saturated carbocycles. The summed E-state index contributed by atoms with van der Waals surface area (Å²) in [5, 5.41) is 7.52. The van der Waals surface area contributed by atoms with Crippen LogP contribution in [-0.4, -0.2) is 54.2 Å². The first-order valence-corrected chi connectivity index (χ1v) is 14.0. The minimum atomic E-state index is -4.36. The van der Waals surface area contributed by atoms with Crippen LogP contribution in [0.25, 0.3) is 10.9 Å². The molecular weight excluding hydrogens is 533 g/mol. The average Bonchev–Trinajstić information content (AvgIpc) is 3.23. The molecule has 0 unspecified atom stereocenters. The van der Waals surface area contributed by atoms with Gasteiger partial charge in [-0.1, -0.05) is 17.6 Å². The molecule has 1 aliphatic rings. The van der Waals surface area contributed by atoms with Crippen molar-refractivity contribution in [3.05, 3.63) is 65.9 Å². The van der Waals surface area contributed by atoms with Crippen molar-refractivity contribution in [2.45, 2.75) is 50.3 Å². The van der Waals surface area contributed by atoms with E-state index in [1.165, 1.54) is 16.5 Å². The lowest BCUT2D eigenvalue weighted by Crippen LogP contribution is -2.36. The monoisotopic (exact) mass is 568 g/mol. The van der Waals surface area contributed by atoms with Crippen molar-refractivity contribution in [1.82, 2.24) is 9.47 Å². The molecule has 40 heavy (non-hydrogen) atoms. The van der Waals surface area contributed by atoms with Crippen LogP contribution < -0.4 is 16.4 Å². The molecule has 3 aromatic rings. The molecule has 2 aromatic carbocycles. The number of nitrogens with one attached hydrogen (secondary N) is 2. The summed E-state index contributed by atoms with van der Waals surface area (Å²) in [5.41, 5.74) is 9.49. The highest BCUT2D eigenvalue weighted by Crippen LogP contribution is 2.31. The third kappa shape index (κ3) is 8.47. The minimum absolute atomic E-state index is 0.284. The number of hydrogen-bond donors (Lipinski definition) is 3. The zero-order chi connectivity index (χ0) is 28.7. The molecule has 1 aliphatic heterocycles. The van der Waals surface area contributed by atoms with Crippen molar-refractivity contribution in [2.24, 2.45) is 10.1 Å². The summed E-state index contributed by atoms with van der Waals surface area (Å²) in [6.45, 7) is 5.09. The van der Waals surface area contributed by atoms with Crippen LogP contribution in [0, 0.1) is 11.8 Å². The van der Waals surface area contributed by atoms with Gasteiger partial charge in [0.05, 0.1) is 17.8 Å². The molecular formula is C30H35F3N6S. The number of allylic oxidation sites excluding steroid dienone is 1. The predicted octanol–water partition coefficient (Wildman–Crippen LogP) is 6.50. The van der Waals surface area contributed by atoms with Gasteiger partial charge in [-0.3, -0.25) is 0 Å². The number of amidine groups is 1. The Morgan fingerprint density at radius 1 is 1.15 bits per heavy atom. The number of nitrogens with two attached hydrogens (primary N) is 1. The molecule has 1 saturated heterocycles. The number of hydrogen-bond acceptors (Lipinski definition) is 5. The highest BCUT2D eigenvalue weighted by Gasteiger charge is 2.30. The highest BCUT2D eigenvalue weighted by molar-refractivity contribution is 7.98. The van der Waals surface area contributed by atoms with E-state index in [4.69, 9.17) is 5.73 Å². The molecule has 10 heteroatoms. The van der Waals surface area contributed by atoms with Crippen LogP contribution in [0.5, 0.6) is 0 Å². The Labute approximate surface area is 238 Å². The van der Waals surface area contributed by atoms with Gasteiger partial charge in [0.2, 0.25) is 0 Å². The second-order valence-corrected chi connectivity index (χ2v) is 11.0. The Morgan fingerprint density at radius 3 is 2.55 bits per heavy atom. The summed E-state index contributed by atoms with van der Waals surface area (Å²) in [6, 6.07) is 15.1. The molecule has 0 amide bonds. The molecule has 2 heterocycles. The number of piperidine rings is 1. The molecule has 0 radical (unpaired) electrons. The first-order valence-electron chi connectivity index (χ1n) is 13.2. The van der Waals surface area contributed by atoms with Gasteiger partial charge >= 0.3 is 6.18 Å². The number of alkyl halides is 3. The highest BCUT2D eigenvalue weighted by atomic mass is 32.2. The van der Waals surface area contributed by atoms with Crippen LogP contribution in [0.2, 0.25) is 0 Å². The van der Waals surface area contributed by atoms with Gasteiger partial charge in [-0.15, -0.1) is 0 Å². The number of nitrogens with zero attached hydrogens (tertiary/aromatic N) is 3. The molecule has 0 spiro atoms. The number of rotatable bonds is 8. The lowest BCUT2D eigenvalue weighted by atomic mass is 10.0. The molecule has 1 aromatic heterocycles. The van der Waals surface area contributed by atoms with Gasteiger partial charge in [0, 0.05) is 39.6 Å². The van der Waals surface area contributed by atoms with Gasteiger partial charge in [0.25, 0.3) is 0 Å². The number of fused-ring (bicyclic) bond motifs is 1. The summed E-state index contributed by atoms with van der Waals surface area (Å²) in [6.07, 6.45) is -0.572. The average molecular weight is 569 g/mol. The topological polar surface area (TPSA) is 70.6 Å². The largest absolute Gasteiger partial charge is 0.406 e. The van der Waals surface area contributed by atoms with E-state index in [1.807, 2.05) is 50.3 Å². The van der Waals surface area contributed by atoms with E-state index in [0.29, 0.717) is 17.0 Å². The molecule has 1 fully saturated rings. The number of aromatic nitrogens is 1. The lowest BCUT2D eigenvalue weighted by Gasteiger charge is -2.30. The molecule has 4 rings (SSSR count). The minimum Gasteiger partial charge on any atom is -0.383 e. The van der Waals surface area contributed by atoms with Crippen LogP contribution in [0.3, 0.4) is 0 Å². The van der Waals surface area contributed by atoms with Crippen molar-refractivity contribution < 1.29 is 13.2 Å². The van der Waals surface area contributed by atoms with Crippen LogP contribution in [0.1, 0.15) is 32.4 Å². The molecule has 212 valence electrons. The van der Waals surface area contributed by atoms with Crippen molar-refractivity contribution in [1.29, 1.82) is 0 Å². The van der Waals surface area contributed by atoms with Crippen molar-refractivity contribution in [2.75, 3.05) is 37.3 Å². The van der Waals surface area contributed by atoms with E-state index in [0.717, 1.165) is 53.2 Å². The maximum atomic E-state index is 13.5. The SMILES string of the molecule is CC(C)=C/C(N)=N/Sc1ccc(NCC#Cc2cc3c(NC4CCN(C)CC4)cccc3n2CC(F)(F)F)cc1. The molecule has 0 aliphatic carbocycles. The number of halogens is 3. The number of anilines is 2. The molecule has 4 N–H and O–H groups in total. The second kappa shape index (κ2) is 13.2. The summed E-state index contributed by atoms with van der Waals surface area (Å²) in [5.74, 6) is 6.41. The zero-order valence-corrected chi connectivity index (χ0v) is 23.8. The molecule has 0 atom stereocenters. The zero-order valence-electron chi connectivity index (χ0n) is 23.0. The Hall–Kier alpha value is -3.55. The van der Waals surface area contributed by atoms with Gasteiger partial charge in [-0.2, -0.15) is 17.6 Å². The van der Waals surface area contributed by atoms with Gasteiger partial charge in [-0.05, 0) is 101 Å². The van der Waals surface area contributed by atoms with Crippen LogP contribution in [0.15, 0.2) is 69.5 Å². The molecule has 0 bridgehead atoms. The van der Waals surface area contributed by atoms with Crippen LogP contribution >= 0.6 is 11.9 Å². The quantitative estimate of drug-likeness (QED) is 0.125. The maximum Gasteiger partial charge on any atom is 0.406 e. The second-order valence-electron chi connectivity index (χ2n) is 10.2.